The fourth-order valence-electron chi connectivity index (χ4n) is 3.38. The van der Waals surface area contributed by atoms with Gasteiger partial charge in [-0.1, -0.05) is 13.8 Å². The topological polar surface area (TPSA) is 89.4 Å². The zero-order valence-corrected chi connectivity index (χ0v) is 16.8. The van der Waals surface area contributed by atoms with Crippen LogP contribution >= 0.6 is 0 Å². The van der Waals surface area contributed by atoms with Crippen LogP contribution in [0.25, 0.3) is 11.4 Å². The maximum absolute atomic E-state index is 12.4. The molecule has 8 heteroatoms. The van der Waals surface area contributed by atoms with Crippen LogP contribution in [-0.2, 0) is 16.1 Å². The molecule has 1 saturated heterocycles. The van der Waals surface area contributed by atoms with E-state index in [0.29, 0.717) is 19.0 Å². The number of aryl methyl sites for hydroxylation is 1. The van der Waals surface area contributed by atoms with Gasteiger partial charge in [-0.25, -0.2) is 14.6 Å². The molecule has 1 aliphatic heterocycles. The fraction of sp³-hybridized carbons (Fsp3) is 0.500. The second-order valence-electron chi connectivity index (χ2n) is 7.54. The average molecular weight is 385 g/mol. The Bertz CT molecular complexity index is 828. The van der Waals surface area contributed by atoms with Crippen LogP contribution in [0.5, 0.6) is 0 Å². The Kier molecular flexibility index (Phi) is 5.96. The van der Waals surface area contributed by atoms with Crippen LogP contribution in [0.15, 0.2) is 30.7 Å². The van der Waals surface area contributed by atoms with E-state index in [9.17, 15) is 9.59 Å². The van der Waals surface area contributed by atoms with Gasteiger partial charge < -0.3 is 19.5 Å². The van der Waals surface area contributed by atoms with Crippen molar-refractivity contribution in [1.82, 2.24) is 24.8 Å². The molecule has 1 N–H and O–H groups in total. The lowest BCUT2D eigenvalue weighted by Crippen LogP contribution is -2.58. The number of carbonyl (C=O) groups is 2. The molecule has 0 bridgehead atoms. The quantitative estimate of drug-likeness (QED) is 0.769. The van der Waals surface area contributed by atoms with Crippen molar-refractivity contribution in [3.05, 3.63) is 36.4 Å². The van der Waals surface area contributed by atoms with Gasteiger partial charge in [-0.05, 0) is 25.0 Å². The summed E-state index contributed by atoms with van der Waals surface area (Å²) < 4.78 is 6.96. The Morgan fingerprint density at radius 1 is 1.29 bits per heavy atom. The number of esters is 1. The Morgan fingerprint density at radius 3 is 2.57 bits per heavy atom. The number of nitrogens with one attached hydrogen (secondary N) is 1. The monoisotopic (exact) mass is 385 g/mol. The summed E-state index contributed by atoms with van der Waals surface area (Å²) in [5, 5.41) is 2.78. The zero-order chi connectivity index (χ0) is 20.3. The molecular weight excluding hydrogens is 358 g/mol. The summed E-state index contributed by atoms with van der Waals surface area (Å²) in [6.07, 6.45) is 5.37. The summed E-state index contributed by atoms with van der Waals surface area (Å²) in [5.41, 5.74) is 2.11. The number of aromatic nitrogens is 3. The molecule has 2 amide bonds. The van der Waals surface area contributed by atoms with Crippen molar-refractivity contribution in [2.75, 3.05) is 20.2 Å². The number of hydrogen-bond donors (Lipinski definition) is 1. The molecule has 0 aromatic carbocycles. The fourth-order valence-corrected chi connectivity index (χ4v) is 3.38. The van der Waals surface area contributed by atoms with Gasteiger partial charge in [0.2, 0.25) is 0 Å². The van der Waals surface area contributed by atoms with Crippen LogP contribution in [0.1, 0.15) is 19.5 Å². The van der Waals surface area contributed by atoms with E-state index in [1.807, 2.05) is 39.1 Å². The van der Waals surface area contributed by atoms with Gasteiger partial charge in [-0.3, -0.25) is 4.98 Å². The van der Waals surface area contributed by atoms with Crippen molar-refractivity contribution in [2.24, 2.45) is 11.8 Å². The minimum absolute atomic E-state index is 0.0370. The van der Waals surface area contributed by atoms with Crippen molar-refractivity contribution < 1.29 is 14.3 Å². The molecule has 8 nitrogen and oxygen atoms in total. The second kappa shape index (κ2) is 8.41. The highest BCUT2D eigenvalue weighted by molar-refractivity contribution is 5.84. The molecular formula is C20H27N5O3. The lowest BCUT2D eigenvalue weighted by molar-refractivity contribution is -0.144. The maximum atomic E-state index is 12.4. The molecule has 3 heterocycles. The molecule has 2 aromatic rings. The number of pyridine rings is 1. The van der Waals surface area contributed by atoms with E-state index in [1.165, 1.54) is 7.11 Å². The normalized spacial score (nSPS) is 15.2. The molecule has 0 spiro atoms. The summed E-state index contributed by atoms with van der Waals surface area (Å²) in [6.45, 7) is 7.87. The summed E-state index contributed by atoms with van der Waals surface area (Å²) in [6, 6.07) is 3.03. The van der Waals surface area contributed by atoms with E-state index in [2.05, 4.69) is 19.9 Å². The highest BCUT2D eigenvalue weighted by Gasteiger charge is 2.34. The van der Waals surface area contributed by atoms with Gasteiger partial charge in [0.05, 0.1) is 7.11 Å². The maximum Gasteiger partial charge on any atom is 0.328 e. The molecule has 1 fully saturated rings. The van der Waals surface area contributed by atoms with E-state index < -0.39 is 12.0 Å². The summed E-state index contributed by atoms with van der Waals surface area (Å²) in [7, 11) is 1.33. The predicted molar refractivity (Wildman–Crippen MR) is 104 cm³/mol. The molecule has 0 saturated carbocycles. The number of likely N-dealkylation sites (tertiary alicyclic amines) is 1. The Balaban J connectivity index is 1.59. The minimum atomic E-state index is -0.634. The number of methoxy groups -OCH3 is 1. The number of urea groups is 1. The Labute approximate surface area is 164 Å². The first-order chi connectivity index (χ1) is 13.4. The van der Waals surface area contributed by atoms with Gasteiger partial charge in [-0.2, -0.15) is 0 Å². The van der Waals surface area contributed by atoms with Crippen molar-refractivity contribution in [3.63, 3.8) is 0 Å². The Hall–Kier alpha value is -2.90. The molecule has 1 aliphatic rings. The molecule has 1 atom stereocenters. The third kappa shape index (κ3) is 4.16. The molecule has 0 aliphatic carbocycles. The highest BCUT2D eigenvalue weighted by atomic mass is 16.5. The molecule has 1 unspecified atom stereocenters. The standard InChI is InChI=1S/C20H27N5O3/c1-13(2)17(19(26)28-4)23-20(27)24-10-15(11-24)12-25-14(3)9-22-18(25)16-5-7-21-8-6-16/h5-9,13,15,17H,10-12H2,1-4H3,(H,23,27). The Morgan fingerprint density at radius 2 is 1.96 bits per heavy atom. The smallest absolute Gasteiger partial charge is 0.328 e. The van der Waals surface area contributed by atoms with Crippen LogP contribution in [-0.4, -0.2) is 57.7 Å². The number of ether oxygens (including phenoxy) is 1. The summed E-state index contributed by atoms with van der Waals surface area (Å²) >= 11 is 0. The SMILES string of the molecule is COC(=O)C(NC(=O)N1CC(Cn2c(C)cnc2-c2ccncc2)C1)C(C)C. The van der Waals surface area contributed by atoms with Crippen LogP contribution < -0.4 is 5.32 Å². The van der Waals surface area contributed by atoms with Crippen LogP contribution in [0.2, 0.25) is 0 Å². The van der Waals surface area contributed by atoms with E-state index in [4.69, 9.17) is 4.74 Å². The average Bonchev–Trinajstić information content (AvgIpc) is 3.02. The molecule has 0 radical (unpaired) electrons. The molecule has 3 rings (SSSR count). The minimum Gasteiger partial charge on any atom is -0.467 e. The molecule has 28 heavy (non-hydrogen) atoms. The largest absolute Gasteiger partial charge is 0.467 e. The van der Waals surface area contributed by atoms with Gasteiger partial charge in [0, 0.05) is 55.4 Å². The second-order valence-corrected chi connectivity index (χ2v) is 7.54. The van der Waals surface area contributed by atoms with Crippen molar-refractivity contribution >= 4 is 12.0 Å². The van der Waals surface area contributed by atoms with Crippen molar-refractivity contribution in [3.8, 4) is 11.4 Å². The molecule has 2 aromatic heterocycles. The number of nitrogens with zero attached hydrogens (tertiary/aromatic N) is 4. The number of rotatable bonds is 6. The number of amides is 2. The first kappa shape index (κ1) is 19.9. The number of hydrogen-bond acceptors (Lipinski definition) is 5. The van der Waals surface area contributed by atoms with Gasteiger partial charge in [0.25, 0.3) is 0 Å². The van der Waals surface area contributed by atoms with Crippen LogP contribution in [0, 0.1) is 18.8 Å². The van der Waals surface area contributed by atoms with Gasteiger partial charge in [0.1, 0.15) is 11.9 Å². The van der Waals surface area contributed by atoms with Gasteiger partial charge >= 0.3 is 12.0 Å². The van der Waals surface area contributed by atoms with E-state index in [-0.39, 0.29) is 11.9 Å². The molecule has 150 valence electrons. The van der Waals surface area contributed by atoms with Crippen molar-refractivity contribution in [1.29, 1.82) is 0 Å². The highest BCUT2D eigenvalue weighted by Crippen LogP contribution is 2.24. The van der Waals surface area contributed by atoms with E-state index in [1.54, 1.807) is 17.3 Å². The van der Waals surface area contributed by atoms with E-state index >= 15 is 0 Å². The summed E-state index contributed by atoms with van der Waals surface area (Å²) in [5.74, 6) is 0.796. The number of imidazole rings is 1. The first-order valence-corrected chi connectivity index (χ1v) is 9.46. The predicted octanol–water partition coefficient (Wildman–Crippen LogP) is 2.09. The summed E-state index contributed by atoms with van der Waals surface area (Å²) in [4.78, 5) is 34.6. The lowest BCUT2D eigenvalue weighted by atomic mass is 10.00. The van der Waals surface area contributed by atoms with Gasteiger partial charge in [-0.15, -0.1) is 0 Å². The van der Waals surface area contributed by atoms with Crippen LogP contribution in [0.4, 0.5) is 4.79 Å². The lowest BCUT2D eigenvalue weighted by Gasteiger charge is -2.40. The number of carbonyl (C=O) groups excluding carboxylic acids is 2. The van der Waals surface area contributed by atoms with Crippen LogP contribution in [0.3, 0.4) is 0 Å². The van der Waals surface area contributed by atoms with Crippen molar-refractivity contribution in [2.45, 2.75) is 33.4 Å². The third-order valence-electron chi connectivity index (χ3n) is 5.08. The van der Waals surface area contributed by atoms with E-state index in [0.717, 1.165) is 23.6 Å². The zero-order valence-electron chi connectivity index (χ0n) is 16.8. The van der Waals surface area contributed by atoms with Gasteiger partial charge in [0.15, 0.2) is 0 Å². The third-order valence-corrected chi connectivity index (χ3v) is 5.08. The first-order valence-electron chi connectivity index (χ1n) is 9.46.